The third-order valence-corrected chi connectivity index (χ3v) is 10.5. The summed E-state index contributed by atoms with van der Waals surface area (Å²) in [5.41, 5.74) is 8.77. The van der Waals surface area contributed by atoms with Crippen molar-refractivity contribution in [3.05, 3.63) is 161 Å². The van der Waals surface area contributed by atoms with Crippen LogP contribution in [0.1, 0.15) is 92.3 Å². The highest BCUT2D eigenvalue weighted by atomic mass is 127. The van der Waals surface area contributed by atoms with Crippen molar-refractivity contribution < 1.29 is 0 Å². The van der Waals surface area contributed by atoms with Gasteiger partial charge in [0.2, 0.25) is 0 Å². The lowest BCUT2D eigenvalue weighted by Crippen LogP contribution is -1.92. The first-order valence-corrected chi connectivity index (χ1v) is 20.7. The lowest BCUT2D eigenvalue weighted by atomic mass is 9.99. The molecule has 0 fully saturated rings. The van der Waals surface area contributed by atoms with Crippen LogP contribution in [0.4, 0.5) is 0 Å². The van der Waals surface area contributed by atoms with E-state index in [4.69, 9.17) is 6.42 Å². The van der Waals surface area contributed by atoms with Gasteiger partial charge in [-0.1, -0.05) is 139 Å². The van der Waals surface area contributed by atoms with Gasteiger partial charge < -0.3 is 0 Å². The molecule has 6 rings (SSSR count). The molecule has 6 aromatic carbocycles. The molecule has 0 radical (unpaired) electrons. The number of aryl methyl sites for hydroxylation is 4. The highest BCUT2D eigenvalue weighted by Crippen LogP contribution is 2.23. The summed E-state index contributed by atoms with van der Waals surface area (Å²) in [6.07, 6.45) is 14.8. The van der Waals surface area contributed by atoms with Gasteiger partial charge >= 0.3 is 0 Å². The fourth-order valence-electron chi connectivity index (χ4n) is 5.84. The van der Waals surface area contributed by atoms with E-state index in [1.54, 1.807) is 0 Å². The molecule has 0 saturated heterocycles. The molecule has 260 valence electrons. The van der Waals surface area contributed by atoms with E-state index in [9.17, 15) is 0 Å². The van der Waals surface area contributed by atoms with E-state index < -0.39 is 0 Å². The van der Waals surface area contributed by atoms with Gasteiger partial charge in [0, 0.05) is 29.2 Å². The fourth-order valence-corrected chi connectivity index (χ4v) is 7.11. The van der Waals surface area contributed by atoms with Crippen LogP contribution >= 0.6 is 54.5 Å². The number of halogens is 3. The molecule has 0 heterocycles. The molecule has 0 aliphatic rings. The van der Waals surface area contributed by atoms with Crippen LogP contribution in [0.15, 0.2) is 118 Å². The number of benzene rings is 6. The molecule has 0 saturated carbocycles. The minimum atomic E-state index is 1.02. The molecule has 6 aromatic rings. The molecule has 3 heteroatoms. The third kappa shape index (κ3) is 12.7. The largest absolute Gasteiger partial charge is 0.115 e. The summed E-state index contributed by atoms with van der Waals surface area (Å²) < 4.78 is 3.52. The molecular weight excluding hydrogens is 863 g/mol. The van der Waals surface area contributed by atoms with Crippen LogP contribution < -0.4 is 0 Å². The Morgan fingerprint density at radius 3 is 1.57 bits per heavy atom. The van der Waals surface area contributed by atoms with E-state index in [0.717, 1.165) is 44.9 Å². The van der Waals surface area contributed by atoms with Gasteiger partial charge in [0.05, 0.1) is 0 Å². The molecule has 0 bridgehead atoms. The van der Waals surface area contributed by atoms with Gasteiger partial charge in [0.1, 0.15) is 0 Å². The van der Waals surface area contributed by atoms with Gasteiger partial charge in [-0.3, -0.25) is 0 Å². The Bertz CT molecular complexity index is 2120. The second-order valence-electron chi connectivity index (χ2n) is 12.6. The average Bonchev–Trinajstić information content (AvgIpc) is 3.16. The topological polar surface area (TPSA) is 0 Å². The van der Waals surface area contributed by atoms with Crippen molar-refractivity contribution in [1.29, 1.82) is 0 Å². The zero-order chi connectivity index (χ0) is 36.6. The Morgan fingerprint density at radius 2 is 1.02 bits per heavy atom. The number of unbranched alkanes of at least 4 members (excludes halogenated alkanes) is 2. The molecule has 0 atom stereocenters. The van der Waals surface area contributed by atoms with Crippen molar-refractivity contribution in [3.8, 4) is 24.2 Å². The average molecular weight is 911 g/mol. The first-order valence-electron chi connectivity index (χ1n) is 18.0. The second kappa shape index (κ2) is 21.2. The van der Waals surface area contributed by atoms with Crippen molar-refractivity contribution >= 4 is 76.0 Å². The summed E-state index contributed by atoms with van der Waals surface area (Å²) >= 11 is 9.30. The van der Waals surface area contributed by atoms with Gasteiger partial charge in [-0.2, -0.15) is 0 Å². The van der Waals surface area contributed by atoms with Crippen LogP contribution in [0.25, 0.3) is 21.5 Å². The zero-order valence-electron chi connectivity index (χ0n) is 30.3. The Balaban J connectivity index is 0.000000189. The van der Waals surface area contributed by atoms with Gasteiger partial charge in [-0.05, 0) is 166 Å². The monoisotopic (exact) mass is 908 g/mol. The van der Waals surface area contributed by atoms with Gasteiger partial charge in [-0.25, -0.2) is 0 Å². The van der Waals surface area contributed by atoms with Crippen molar-refractivity contribution in [2.75, 3.05) is 0 Å². The first-order chi connectivity index (χ1) is 24.8. The maximum Gasteiger partial charge on any atom is 0.0281 e. The van der Waals surface area contributed by atoms with Crippen LogP contribution in [0.3, 0.4) is 0 Å². The van der Waals surface area contributed by atoms with Crippen molar-refractivity contribution in [2.24, 2.45) is 0 Å². The van der Waals surface area contributed by atoms with Crippen molar-refractivity contribution in [3.63, 3.8) is 0 Å². The third-order valence-electron chi connectivity index (χ3n) is 8.80. The van der Waals surface area contributed by atoms with Crippen LogP contribution in [0, 0.1) is 27.8 Å². The van der Waals surface area contributed by atoms with Crippen molar-refractivity contribution in [2.45, 2.75) is 79.1 Å². The number of hydrogen-bond acceptors (Lipinski definition) is 0. The summed E-state index contributed by atoms with van der Waals surface area (Å²) in [6, 6.07) is 38.7. The summed E-state index contributed by atoms with van der Waals surface area (Å²) in [6.45, 7) is 8.82. The van der Waals surface area contributed by atoms with E-state index in [0.29, 0.717) is 0 Å². The van der Waals surface area contributed by atoms with Crippen LogP contribution in [-0.4, -0.2) is 0 Å². The SMILES string of the molecule is Brc1ccc2cc(I)ccc2c1.C#Cc1ccc(CCCC)cc1CC.CCCCc1ccc(C#Cc2ccc3cc(Br)ccc3c2)c(CC)c1. The van der Waals surface area contributed by atoms with Gasteiger partial charge in [0.15, 0.2) is 0 Å². The molecule has 0 amide bonds. The molecule has 0 aliphatic carbocycles. The van der Waals surface area contributed by atoms with Gasteiger partial charge in [0.25, 0.3) is 0 Å². The normalized spacial score (nSPS) is 10.3. The molecule has 0 N–H and O–H groups in total. The zero-order valence-corrected chi connectivity index (χ0v) is 35.6. The van der Waals surface area contributed by atoms with E-state index in [1.807, 2.05) is 0 Å². The molecular formula is C48H47Br2I. The summed E-state index contributed by atoms with van der Waals surface area (Å²) in [5, 5.41) is 5.03. The Hall–Kier alpha value is -3.35. The van der Waals surface area contributed by atoms with Gasteiger partial charge in [-0.15, -0.1) is 6.42 Å². The predicted molar refractivity (Wildman–Crippen MR) is 239 cm³/mol. The van der Waals surface area contributed by atoms with E-state index >= 15 is 0 Å². The summed E-state index contributed by atoms with van der Waals surface area (Å²) in [7, 11) is 0. The standard InChI is InChI=1S/C24H23Br.C14H18.C10H6BrI/c1-3-5-6-18-7-10-21(20(4-2)15-18)11-8-19-9-12-23-17-24(25)14-13-22(23)16-19;1-4-7-8-12-9-10-13(5-2)14(6-3)11-12;11-9-3-1-8-6-10(12)4-2-7(8)5-9/h7,9-10,12-17H,3-6H2,1-2H3;2,9-11H,4,6-8H2,1,3H3;1-6H. The lowest BCUT2D eigenvalue weighted by Gasteiger charge is -2.06. The highest BCUT2D eigenvalue weighted by Gasteiger charge is 2.02. The summed E-state index contributed by atoms with van der Waals surface area (Å²) in [4.78, 5) is 0. The highest BCUT2D eigenvalue weighted by molar-refractivity contribution is 14.1. The number of rotatable bonds is 8. The number of terminal acetylenes is 1. The molecule has 0 unspecified atom stereocenters. The fraction of sp³-hybridized carbons (Fsp3) is 0.250. The van der Waals surface area contributed by atoms with Crippen LogP contribution in [-0.2, 0) is 25.7 Å². The summed E-state index contributed by atoms with van der Waals surface area (Å²) in [5.74, 6) is 9.45. The first kappa shape index (κ1) is 40.4. The van der Waals surface area contributed by atoms with Crippen LogP contribution in [0.2, 0.25) is 0 Å². The Kier molecular flexibility index (Phi) is 16.8. The number of hydrogen-bond donors (Lipinski definition) is 0. The minimum Gasteiger partial charge on any atom is -0.115 e. The molecule has 0 aliphatic heterocycles. The molecule has 0 spiro atoms. The minimum absolute atomic E-state index is 1.02. The Labute approximate surface area is 337 Å². The van der Waals surface area contributed by atoms with Crippen molar-refractivity contribution in [1.82, 2.24) is 0 Å². The van der Waals surface area contributed by atoms with Crippen LogP contribution in [0.5, 0.6) is 0 Å². The van der Waals surface area contributed by atoms with E-state index in [2.05, 4.69) is 209 Å². The maximum atomic E-state index is 5.43. The molecule has 0 aromatic heterocycles. The maximum absolute atomic E-state index is 5.43. The van der Waals surface area contributed by atoms with E-state index in [-0.39, 0.29) is 0 Å². The smallest absolute Gasteiger partial charge is 0.0281 e. The predicted octanol–water partition coefficient (Wildman–Crippen LogP) is 14.7. The molecule has 0 nitrogen and oxygen atoms in total. The Morgan fingerprint density at radius 1 is 0.529 bits per heavy atom. The quantitative estimate of drug-likeness (QED) is 0.105. The number of fused-ring (bicyclic) bond motifs is 2. The lowest BCUT2D eigenvalue weighted by molar-refractivity contribution is 0.794. The van der Waals surface area contributed by atoms with E-state index in [1.165, 1.54) is 79.5 Å². The second-order valence-corrected chi connectivity index (χ2v) is 15.7. The molecule has 51 heavy (non-hydrogen) atoms.